The molecule has 0 radical (unpaired) electrons. The summed E-state index contributed by atoms with van der Waals surface area (Å²) >= 11 is 0. The maximum atomic E-state index is 11.4. The fraction of sp³-hybridized carbons (Fsp3) is 0.350. The monoisotopic (exact) mass is 312 g/mol. The Morgan fingerprint density at radius 3 is 2.70 bits per heavy atom. The summed E-state index contributed by atoms with van der Waals surface area (Å²) in [5.74, 6) is 0.708. The fourth-order valence-electron chi connectivity index (χ4n) is 2.37. The van der Waals surface area contributed by atoms with Crippen molar-refractivity contribution >= 4 is 11.0 Å². The lowest BCUT2D eigenvalue weighted by Gasteiger charge is -2.06. The molecule has 0 unspecified atom stereocenters. The van der Waals surface area contributed by atoms with Gasteiger partial charge in [-0.15, -0.1) is 0 Å². The zero-order chi connectivity index (χ0) is 16.8. The molecule has 0 fully saturated rings. The van der Waals surface area contributed by atoms with E-state index in [0.717, 1.165) is 23.8 Å². The molecule has 0 aliphatic rings. The Labute approximate surface area is 137 Å². The van der Waals surface area contributed by atoms with Crippen molar-refractivity contribution in [2.75, 3.05) is 6.61 Å². The third-order valence-electron chi connectivity index (χ3n) is 3.70. The lowest BCUT2D eigenvalue weighted by Crippen LogP contribution is -1.99. The van der Waals surface area contributed by atoms with Gasteiger partial charge < -0.3 is 9.15 Å². The van der Waals surface area contributed by atoms with Crippen LogP contribution in [0.3, 0.4) is 0 Å². The molecule has 3 nitrogen and oxygen atoms in total. The topological polar surface area (TPSA) is 39.4 Å². The van der Waals surface area contributed by atoms with Crippen LogP contribution in [0.2, 0.25) is 0 Å². The van der Waals surface area contributed by atoms with Crippen LogP contribution in [-0.4, -0.2) is 6.61 Å². The predicted molar refractivity (Wildman–Crippen MR) is 95.1 cm³/mol. The highest BCUT2D eigenvalue weighted by Gasteiger charge is 2.03. The number of hydrogen-bond donors (Lipinski definition) is 0. The summed E-state index contributed by atoms with van der Waals surface area (Å²) in [6.07, 6.45) is 6.44. The Balaban J connectivity index is 1.99. The molecule has 122 valence electrons. The first-order valence-electron chi connectivity index (χ1n) is 7.92. The second-order valence-corrected chi connectivity index (χ2v) is 6.09. The number of fused-ring (bicyclic) bond motifs is 1. The van der Waals surface area contributed by atoms with E-state index in [0.29, 0.717) is 17.9 Å². The maximum Gasteiger partial charge on any atom is 0.336 e. The zero-order valence-electron chi connectivity index (χ0n) is 14.3. The number of rotatable bonds is 6. The highest BCUT2D eigenvalue weighted by Crippen LogP contribution is 2.22. The Morgan fingerprint density at radius 1 is 1.17 bits per heavy atom. The van der Waals surface area contributed by atoms with Gasteiger partial charge in [0.25, 0.3) is 0 Å². The van der Waals surface area contributed by atoms with E-state index < -0.39 is 0 Å². The zero-order valence-corrected chi connectivity index (χ0v) is 14.3. The number of aryl methyl sites for hydroxylation is 1. The Bertz CT molecular complexity index is 790. The Morgan fingerprint density at radius 2 is 1.96 bits per heavy atom. The molecule has 0 N–H and O–H groups in total. The minimum atomic E-state index is -0.331. The molecular weight excluding hydrogens is 288 g/mol. The van der Waals surface area contributed by atoms with Gasteiger partial charge in [0.05, 0.1) is 0 Å². The third-order valence-corrected chi connectivity index (χ3v) is 3.70. The maximum absolute atomic E-state index is 11.4. The quantitative estimate of drug-likeness (QED) is 0.545. The average Bonchev–Trinajstić information content (AvgIpc) is 2.46. The van der Waals surface area contributed by atoms with Crippen molar-refractivity contribution in [3.8, 4) is 5.75 Å². The molecule has 1 heterocycles. The second-order valence-electron chi connectivity index (χ2n) is 6.09. The second kappa shape index (κ2) is 7.82. The van der Waals surface area contributed by atoms with Gasteiger partial charge in [-0.25, -0.2) is 4.79 Å². The van der Waals surface area contributed by atoms with E-state index >= 15 is 0 Å². The van der Waals surface area contributed by atoms with Crippen molar-refractivity contribution in [1.29, 1.82) is 0 Å². The van der Waals surface area contributed by atoms with Crippen molar-refractivity contribution in [2.45, 2.75) is 40.5 Å². The largest absolute Gasteiger partial charge is 0.489 e. The molecule has 0 saturated heterocycles. The molecule has 0 amide bonds. The van der Waals surface area contributed by atoms with Crippen molar-refractivity contribution in [1.82, 2.24) is 0 Å². The molecule has 23 heavy (non-hydrogen) atoms. The van der Waals surface area contributed by atoms with Crippen LogP contribution < -0.4 is 10.4 Å². The lowest BCUT2D eigenvalue weighted by molar-refractivity contribution is 0.361. The van der Waals surface area contributed by atoms with Crippen molar-refractivity contribution in [3.63, 3.8) is 0 Å². The SMILES string of the molecule is CC(C)=CCC/C(C)=C\COc1ccc2c(C)cc(=O)oc2c1. The average molecular weight is 312 g/mol. The number of allylic oxidation sites excluding steroid dienone is 3. The van der Waals surface area contributed by atoms with E-state index in [1.165, 1.54) is 17.2 Å². The molecule has 0 saturated carbocycles. The van der Waals surface area contributed by atoms with Crippen LogP contribution in [0, 0.1) is 6.92 Å². The van der Waals surface area contributed by atoms with Gasteiger partial charge in [-0.05, 0) is 64.3 Å². The van der Waals surface area contributed by atoms with E-state index in [4.69, 9.17) is 9.15 Å². The lowest BCUT2D eigenvalue weighted by atomic mass is 10.1. The van der Waals surface area contributed by atoms with Gasteiger partial charge in [0.15, 0.2) is 0 Å². The molecule has 2 rings (SSSR count). The summed E-state index contributed by atoms with van der Waals surface area (Å²) in [4.78, 5) is 11.4. The first-order valence-corrected chi connectivity index (χ1v) is 7.92. The molecule has 0 bridgehead atoms. The summed E-state index contributed by atoms with van der Waals surface area (Å²) in [7, 11) is 0. The molecule has 0 atom stereocenters. The molecular formula is C20H24O3. The van der Waals surface area contributed by atoms with E-state index in [1.54, 1.807) is 6.07 Å². The molecule has 0 aliphatic carbocycles. The van der Waals surface area contributed by atoms with Crippen molar-refractivity contribution in [3.05, 3.63) is 63.5 Å². The summed E-state index contributed by atoms with van der Waals surface area (Å²) in [5.41, 5.74) is 3.81. The molecule has 1 aromatic carbocycles. The number of benzene rings is 1. The minimum absolute atomic E-state index is 0.331. The van der Waals surface area contributed by atoms with Gasteiger partial charge in [0, 0.05) is 17.5 Å². The van der Waals surface area contributed by atoms with Crippen LogP contribution in [0.4, 0.5) is 0 Å². The van der Waals surface area contributed by atoms with Crippen LogP contribution in [-0.2, 0) is 0 Å². The summed E-state index contributed by atoms with van der Waals surface area (Å²) in [6, 6.07) is 7.10. The molecule has 2 aromatic rings. The summed E-state index contributed by atoms with van der Waals surface area (Å²) in [5, 5.41) is 0.936. The van der Waals surface area contributed by atoms with Gasteiger partial charge in [0.2, 0.25) is 0 Å². The summed E-state index contributed by atoms with van der Waals surface area (Å²) in [6.45, 7) is 8.76. The van der Waals surface area contributed by atoms with Crippen LogP contribution in [0.15, 0.2) is 56.8 Å². The third kappa shape index (κ3) is 5.13. The fourth-order valence-corrected chi connectivity index (χ4v) is 2.37. The first-order chi connectivity index (χ1) is 11.0. The van der Waals surface area contributed by atoms with Crippen LogP contribution in [0.25, 0.3) is 11.0 Å². The Kier molecular flexibility index (Phi) is 5.80. The summed E-state index contributed by atoms with van der Waals surface area (Å²) < 4.78 is 11.0. The van der Waals surface area contributed by atoms with Gasteiger partial charge in [-0.2, -0.15) is 0 Å². The first kappa shape index (κ1) is 17.1. The van der Waals surface area contributed by atoms with Crippen LogP contribution >= 0.6 is 0 Å². The highest BCUT2D eigenvalue weighted by atomic mass is 16.5. The van der Waals surface area contributed by atoms with Crippen LogP contribution in [0.1, 0.15) is 39.2 Å². The Hall–Kier alpha value is -2.29. The van der Waals surface area contributed by atoms with Crippen molar-refractivity contribution < 1.29 is 9.15 Å². The smallest absolute Gasteiger partial charge is 0.336 e. The van der Waals surface area contributed by atoms with Gasteiger partial charge >= 0.3 is 5.63 Å². The molecule has 3 heteroatoms. The standard InChI is InChI=1S/C20H24O3/c1-14(2)6-5-7-15(3)10-11-22-17-8-9-18-16(4)12-20(21)23-19(18)13-17/h6,8-10,12-13H,5,7,11H2,1-4H3/b15-10-. The van der Waals surface area contributed by atoms with E-state index in [1.807, 2.05) is 19.1 Å². The van der Waals surface area contributed by atoms with E-state index in [9.17, 15) is 4.79 Å². The minimum Gasteiger partial charge on any atom is -0.489 e. The van der Waals surface area contributed by atoms with Gasteiger partial charge in [-0.3, -0.25) is 0 Å². The van der Waals surface area contributed by atoms with Gasteiger partial charge in [-0.1, -0.05) is 17.2 Å². The molecule has 1 aromatic heterocycles. The molecule has 0 aliphatic heterocycles. The van der Waals surface area contributed by atoms with Gasteiger partial charge in [0.1, 0.15) is 17.9 Å². The predicted octanol–water partition coefficient (Wildman–Crippen LogP) is 5.17. The number of ether oxygens (including phenoxy) is 1. The molecule has 0 spiro atoms. The van der Waals surface area contributed by atoms with Crippen molar-refractivity contribution in [2.24, 2.45) is 0 Å². The highest BCUT2D eigenvalue weighted by molar-refractivity contribution is 5.81. The normalized spacial score (nSPS) is 11.6. The van der Waals surface area contributed by atoms with E-state index in [2.05, 4.69) is 32.9 Å². The van der Waals surface area contributed by atoms with E-state index in [-0.39, 0.29) is 5.63 Å². The number of hydrogen-bond acceptors (Lipinski definition) is 3. The van der Waals surface area contributed by atoms with Crippen LogP contribution in [0.5, 0.6) is 5.75 Å².